The van der Waals surface area contributed by atoms with Crippen molar-refractivity contribution in [2.45, 2.75) is 13.5 Å². The average Bonchev–Trinajstić information content (AvgIpc) is 2.59. The van der Waals surface area contributed by atoms with E-state index in [0.29, 0.717) is 0 Å². The molecule has 1 aliphatic rings. The summed E-state index contributed by atoms with van der Waals surface area (Å²) in [7, 11) is 0. The van der Waals surface area contributed by atoms with Crippen LogP contribution in [0.5, 0.6) is 0 Å². The highest BCUT2D eigenvalue weighted by atomic mass is 79.9. The van der Waals surface area contributed by atoms with Gasteiger partial charge in [0.05, 0.1) is 5.71 Å². The molecule has 0 aromatic heterocycles. The van der Waals surface area contributed by atoms with Crippen LogP contribution >= 0.6 is 27.5 Å². The Morgan fingerprint density at radius 2 is 1.71 bits per heavy atom. The predicted octanol–water partition coefficient (Wildman–Crippen LogP) is 4.64. The monoisotopic (exact) mass is 405 g/mol. The van der Waals surface area contributed by atoms with Gasteiger partial charge in [-0.1, -0.05) is 57.9 Å². The maximum atomic E-state index is 6.26. The van der Waals surface area contributed by atoms with Crippen LogP contribution in [0.1, 0.15) is 18.1 Å². The van der Waals surface area contributed by atoms with Crippen molar-refractivity contribution < 1.29 is 0 Å². The summed E-state index contributed by atoms with van der Waals surface area (Å²) < 4.78 is 1.09. The van der Waals surface area contributed by atoms with Crippen molar-refractivity contribution in [1.82, 2.24) is 9.91 Å². The van der Waals surface area contributed by atoms with E-state index in [2.05, 4.69) is 63.1 Å². The first-order chi connectivity index (χ1) is 11.6. The van der Waals surface area contributed by atoms with Crippen LogP contribution < -0.4 is 0 Å². The number of hydrazone groups is 1. The van der Waals surface area contributed by atoms with Crippen LogP contribution in [0.25, 0.3) is 0 Å². The maximum Gasteiger partial charge on any atom is 0.0646 e. The lowest BCUT2D eigenvalue weighted by Gasteiger charge is -2.33. The number of piperazine rings is 1. The van der Waals surface area contributed by atoms with Crippen LogP contribution in [0.15, 0.2) is 58.1 Å². The fourth-order valence-electron chi connectivity index (χ4n) is 2.82. The highest BCUT2D eigenvalue weighted by Gasteiger charge is 2.16. The van der Waals surface area contributed by atoms with Gasteiger partial charge in [-0.25, -0.2) is 0 Å². The minimum Gasteiger partial charge on any atom is -0.295 e. The quantitative estimate of drug-likeness (QED) is 0.689. The van der Waals surface area contributed by atoms with Crippen LogP contribution in [0.2, 0.25) is 5.02 Å². The van der Waals surface area contributed by atoms with Gasteiger partial charge in [0, 0.05) is 42.2 Å². The second kappa shape index (κ2) is 8.15. The van der Waals surface area contributed by atoms with Crippen LogP contribution in [0.4, 0.5) is 0 Å². The third-order valence-corrected chi connectivity index (χ3v) is 5.15. The molecule has 0 radical (unpaired) electrons. The Kier molecular flexibility index (Phi) is 5.93. The van der Waals surface area contributed by atoms with Gasteiger partial charge in [-0.15, -0.1) is 0 Å². The van der Waals surface area contributed by atoms with E-state index in [1.54, 1.807) is 0 Å². The van der Waals surface area contributed by atoms with Gasteiger partial charge >= 0.3 is 0 Å². The number of hydrogen-bond donors (Lipinski definition) is 0. The molecule has 0 saturated carbocycles. The second-order valence-electron chi connectivity index (χ2n) is 6.01. The van der Waals surface area contributed by atoms with E-state index in [4.69, 9.17) is 16.7 Å². The normalized spacial score (nSPS) is 16.5. The van der Waals surface area contributed by atoms with Crippen molar-refractivity contribution in [3.05, 3.63) is 69.2 Å². The van der Waals surface area contributed by atoms with Gasteiger partial charge in [-0.3, -0.25) is 9.91 Å². The molecule has 0 spiro atoms. The molecule has 0 N–H and O–H groups in total. The van der Waals surface area contributed by atoms with Crippen molar-refractivity contribution in [3.63, 3.8) is 0 Å². The van der Waals surface area contributed by atoms with Gasteiger partial charge in [0.1, 0.15) is 0 Å². The summed E-state index contributed by atoms with van der Waals surface area (Å²) in [4.78, 5) is 2.43. The molecule has 0 bridgehead atoms. The topological polar surface area (TPSA) is 18.8 Å². The van der Waals surface area contributed by atoms with E-state index in [1.165, 1.54) is 5.56 Å². The van der Waals surface area contributed by atoms with E-state index in [0.717, 1.165) is 53.5 Å². The highest BCUT2D eigenvalue weighted by molar-refractivity contribution is 9.10. The molecule has 0 amide bonds. The second-order valence-corrected chi connectivity index (χ2v) is 7.34. The Morgan fingerprint density at radius 1 is 1.04 bits per heavy atom. The van der Waals surface area contributed by atoms with Crippen molar-refractivity contribution >= 4 is 33.2 Å². The number of hydrogen-bond acceptors (Lipinski definition) is 3. The standard InChI is InChI=1S/C19H21BrClN3/c1-15(16-6-8-18(20)9-7-16)22-24-12-10-23(11-13-24)14-17-4-2-3-5-19(17)21/h2-9H,10-14H2,1H3/b22-15-. The van der Waals surface area contributed by atoms with Gasteiger partial charge in [-0.2, -0.15) is 5.10 Å². The largest absolute Gasteiger partial charge is 0.295 e. The molecule has 5 heteroatoms. The SMILES string of the molecule is C/C(=N/N1CCN(Cc2ccccc2Cl)CC1)c1ccc(Br)cc1. The molecular weight excluding hydrogens is 386 g/mol. The highest BCUT2D eigenvalue weighted by Crippen LogP contribution is 2.18. The lowest BCUT2D eigenvalue weighted by atomic mass is 10.1. The zero-order chi connectivity index (χ0) is 16.9. The van der Waals surface area contributed by atoms with Gasteiger partial charge in [-0.05, 0) is 36.2 Å². The summed E-state index contributed by atoms with van der Waals surface area (Å²) >= 11 is 9.72. The first kappa shape index (κ1) is 17.5. The molecule has 3 rings (SSSR count). The summed E-state index contributed by atoms with van der Waals surface area (Å²) in [6, 6.07) is 16.4. The molecule has 2 aromatic rings. The van der Waals surface area contributed by atoms with Gasteiger partial charge in [0.25, 0.3) is 0 Å². The molecule has 1 saturated heterocycles. The van der Waals surface area contributed by atoms with Crippen LogP contribution in [0, 0.1) is 0 Å². The fraction of sp³-hybridized carbons (Fsp3) is 0.316. The van der Waals surface area contributed by atoms with Crippen LogP contribution in [-0.2, 0) is 6.54 Å². The Labute approximate surface area is 157 Å². The van der Waals surface area contributed by atoms with E-state index < -0.39 is 0 Å². The summed E-state index contributed by atoms with van der Waals surface area (Å²) in [5.74, 6) is 0. The maximum absolute atomic E-state index is 6.26. The first-order valence-electron chi connectivity index (χ1n) is 8.13. The van der Waals surface area contributed by atoms with Gasteiger partial charge in [0.2, 0.25) is 0 Å². The number of halogens is 2. The molecule has 1 fully saturated rings. The van der Waals surface area contributed by atoms with E-state index >= 15 is 0 Å². The van der Waals surface area contributed by atoms with Crippen molar-refractivity contribution in [3.8, 4) is 0 Å². The summed E-state index contributed by atoms with van der Waals surface area (Å²) in [5, 5.41) is 7.79. The minimum absolute atomic E-state index is 0.851. The molecule has 24 heavy (non-hydrogen) atoms. The van der Waals surface area contributed by atoms with E-state index in [-0.39, 0.29) is 0 Å². The third kappa shape index (κ3) is 4.59. The molecule has 0 aliphatic carbocycles. The molecule has 126 valence electrons. The summed E-state index contributed by atoms with van der Waals surface area (Å²) in [6.07, 6.45) is 0. The number of rotatable bonds is 4. The fourth-order valence-corrected chi connectivity index (χ4v) is 3.28. The zero-order valence-corrected chi connectivity index (χ0v) is 16.1. The summed E-state index contributed by atoms with van der Waals surface area (Å²) in [5.41, 5.74) is 3.42. The van der Waals surface area contributed by atoms with E-state index in [1.807, 2.05) is 18.2 Å². The smallest absolute Gasteiger partial charge is 0.0646 e. The first-order valence-corrected chi connectivity index (χ1v) is 9.31. The molecule has 3 nitrogen and oxygen atoms in total. The van der Waals surface area contributed by atoms with Crippen molar-refractivity contribution in [2.24, 2.45) is 5.10 Å². The lowest BCUT2D eigenvalue weighted by Crippen LogP contribution is -2.43. The van der Waals surface area contributed by atoms with Crippen LogP contribution in [-0.4, -0.2) is 41.8 Å². The van der Waals surface area contributed by atoms with E-state index in [9.17, 15) is 0 Å². The van der Waals surface area contributed by atoms with Gasteiger partial charge in [0.15, 0.2) is 0 Å². The third-order valence-electron chi connectivity index (χ3n) is 4.25. The lowest BCUT2D eigenvalue weighted by molar-refractivity contribution is 0.130. The van der Waals surface area contributed by atoms with Crippen molar-refractivity contribution in [1.29, 1.82) is 0 Å². The van der Waals surface area contributed by atoms with Crippen molar-refractivity contribution in [2.75, 3.05) is 26.2 Å². The predicted molar refractivity (Wildman–Crippen MR) is 105 cm³/mol. The Morgan fingerprint density at radius 3 is 2.38 bits per heavy atom. The number of benzene rings is 2. The van der Waals surface area contributed by atoms with Gasteiger partial charge < -0.3 is 0 Å². The molecule has 0 atom stereocenters. The number of nitrogens with zero attached hydrogens (tertiary/aromatic N) is 3. The Hall–Kier alpha value is -1.36. The summed E-state index contributed by atoms with van der Waals surface area (Å²) in [6.45, 7) is 6.86. The Bertz CT molecular complexity index is 707. The molecule has 2 aromatic carbocycles. The molecule has 1 aliphatic heterocycles. The average molecular weight is 407 g/mol. The molecular formula is C19H21BrClN3. The minimum atomic E-state index is 0.851. The van der Waals surface area contributed by atoms with Crippen LogP contribution in [0.3, 0.4) is 0 Å². The molecule has 1 heterocycles. The molecule has 0 unspecified atom stereocenters. The Balaban J connectivity index is 1.56. The zero-order valence-electron chi connectivity index (χ0n) is 13.8.